The molecule has 0 bridgehead atoms. The fourth-order valence-corrected chi connectivity index (χ4v) is 4.07. The Morgan fingerprint density at radius 1 is 1.29 bits per heavy atom. The molecule has 0 unspecified atom stereocenters. The molecule has 1 aromatic carbocycles. The largest absolute Gasteiger partial charge is 0.368 e. The zero-order chi connectivity index (χ0) is 16.7. The molecule has 5 nitrogen and oxygen atoms in total. The van der Waals surface area contributed by atoms with Gasteiger partial charge in [-0.05, 0) is 44.7 Å². The quantitative estimate of drug-likeness (QED) is 0.845. The molecule has 1 spiro atoms. The first-order chi connectivity index (χ1) is 11.6. The first-order valence-electron chi connectivity index (χ1n) is 8.88. The van der Waals surface area contributed by atoms with Crippen LogP contribution in [0, 0.1) is 0 Å². The van der Waals surface area contributed by atoms with Gasteiger partial charge in [-0.15, -0.1) is 0 Å². The van der Waals surface area contributed by atoms with Gasteiger partial charge in [0, 0.05) is 30.0 Å². The Labute approximate surface area is 142 Å². The van der Waals surface area contributed by atoms with Crippen LogP contribution >= 0.6 is 0 Å². The van der Waals surface area contributed by atoms with E-state index in [1.165, 1.54) is 22.2 Å². The highest BCUT2D eigenvalue weighted by atomic mass is 16.5. The number of aromatic nitrogens is 1. The third-order valence-corrected chi connectivity index (χ3v) is 5.27. The first kappa shape index (κ1) is 15.5. The minimum absolute atomic E-state index is 0.0347. The van der Waals surface area contributed by atoms with E-state index in [1.54, 1.807) is 0 Å². The van der Waals surface area contributed by atoms with Gasteiger partial charge in [0.05, 0.1) is 12.3 Å². The van der Waals surface area contributed by atoms with E-state index in [-0.39, 0.29) is 17.7 Å². The van der Waals surface area contributed by atoms with Gasteiger partial charge in [0.1, 0.15) is 5.60 Å². The number of benzene rings is 1. The van der Waals surface area contributed by atoms with Gasteiger partial charge in [-0.1, -0.05) is 18.2 Å². The summed E-state index contributed by atoms with van der Waals surface area (Å²) in [5, 5.41) is 4.30. The normalized spacial score (nSPS) is 19.7. The molecule has 4 rings (SSSR count). The molecule has 3 heterocycles. The lowest BCUT2D eigenvalue weighted by Crippen LogP contribution is -2.52. The topological polar surface area (TPSA) is 57.4 Å². The van der Waals surface area contributed by atoms with Gasteiger partial charge in [0.25, 0.3) is 0 Å². The van der Waals surface area contributed by atoms with Crippen molar-refractivity contribution in [3.63, 3.8) is 0 Å². The zero-order valence-electron chi connectivity index (χ0n) is 14.4. The second-order valence-electron chi connectivity index (χ2n) is 7.21. The van der Waals surface area contributed by atoms with Crippen LogP contribution in [0.3, 0.4) is 0 Å². The number of likely N-dealkylation sites (tertiary alicyclic amines) is 1. The van der Waals surface area contributed by atoms with Gasteiger partial charge in [0.2, 0.25) is 0 Å². The summed E-state index contributed by atoms with van der Waals surface area (Å²) in [5.41, 5.74) is 3.56. The van der Waals surface area contributed by atoms with Gasteiger partial charge in [-0.25, -0.2) is 4.79 Å². The van der Waals surface area contributed by atoms with E-state index in [2.05, 4.69) is 34.6 Å². The number of fused-ring (bicyclic) bond motifs is 4. The van der Waals surface area contributed by atoms with Crippen molar-refractivity contribution < 1.29 is 9.53 Å². The number of rotatable bonds is 1. The van der Waals surface area contributed by atoms with Crippen LogP contribution in [0.2, 0.25) is 0 Å². The van der Waals surface area contributed by atoms with Gasteiger partial charge < -0.3 is 19.9 Å². The van der Waals surface area contributed by atoms with E-state index >= 15 is 0 Å². The summed E-state index contributed by atoms with van der Waals surface area (Å²) in [7, 11) is 0. The number of nitrogens with one attached hydrogen (secondary N) is 2. The van der Waals surface area contributed by atoms with Crippen LogP contribution in [0.15, 0.2) is 24.3 Å². The molecule has 2 aliphatic heterocycles. The molecule has 5 heteroatoms. The van der Waals surface area contributed by atoms with E-state index in [0.29, 0.717) is 0 Å². The van der Waals surface area contributed by atoms with E-state index < -0.39 is 0 Å². The minimum atomic E-state index is -0.263. The van der Waals surface area contributed by atoms with Crippen molar-refractivity contribution in [2.45, 2.75) is 44.8 Å². The maximum Gasteiger partial charge on any atom is 0.317 e. The van der Waals surface area contributed by atoms with Gasteiger partial charge in [0.15, 0.2) is 0 Å². The molecule has 2 aromatic rings. The molecule has 1 aromatic heterocycles. The lowest BCUT2D eigenvalue weighted by molar-refractivity contribution is -0.0948. The van der Waals surface area contributed by atoms with Crippen LogP contribution in [0.4, 0.5) is 4.79 Å². The lowest BCUT2D eigenvalue weighted by atomic mass is 9.83. The predicted octanol–water partition coefficient (Wildman–Crippen LogP) is 3.15. The maximum atomic E-state index is 12.2. The highest BCUT2D eigenvalue weighted by molar-refractivity contribution is 5.85. The first-order valence-corrected chi connectivity index (χ1v) is 8.88. The Morgan fingerprint density at radius 3 is 2.79 bits per heavy atom. The van der Waals surface area contributed by atoms with Gasteiger partial charge in [-0.3, -0.25) is 0 Å². The second kappa shape index (κ2) is 5.81. The number of urea groups is 1. The van der Waals surface area contributed by atoms with E-state index in [4.69, 9.17) is 4.74 Å². The zero-order valence-corrected chi connectivity index (χ0v) is 14.4. The summed E-state index contributed by atoms with van der Waals surface area (Å²) < 4.78 is 6.28. The summed E-state index contributed by atoms with van der Waals surface area (Å²) in [6, 6.07) is 8.68. The van der Waals surface area contributed by atoms with Gasteiger partial charge >= 0.3 is 6.03 Å². The Balaban J connectivity index is 1.59. The molecular weight excluding hydrogens is 302 g/mol. The molecule has 24 heavy (non-hydrogen) atoms. The minimum Gasteiger partial charge on any atom is -0.368 e. The number of nitrogens with zero attached hydrogens (tertiary/aromatic N) is 1. The lowest BCUT2D eigenvalue weighted by Gasteiger charge is -2.43. The van der Waals surface area contributed by atoms with Crippen molar-refractivity contribution in [1.29, 1.82) is 0 Å². The summed E-state index contributed by atoms with van der Waals surface area (Å²) in [6.07, 6.45) is 2.65. The number of carbonyl (C=O) groups is 1. The molecular formula is C19H25N3O2. The summed E-state index contributed by atoms with van der Waals surface area (Å²) >= 11 is 0. The number of hydrogen-bond donors (Lipinski definition) is 2. The molecule has 1 saturated heterocycles. The number of carbonyl (C=O) groups excluding carboxylic acids is 1. The Morgan fingerprint density at radius 2 is 2.04 bits per heavy atom. The molecule has 0 radical (unpaired) electrons. The molecule has 2 amide bonds. The molecule has 1 fully saturated rings. The molecule has 2 aliphatic rings. The molecule has 0 aliphatic carbocycles. The third kappa shape index (κ3) is 2.47. The number of aromatic amines is 1. The summed E-state index contributed by atoms with van der Waals surface area (Å²) in [5.74, 6) is 0. The number of piperidine rings is 1. The number of para-hydroxylation sites is 1. The van der Waals surface area contributed by atoms with Gasteiger partial charge in [-0.2, -0.15) is 0 Å². The third-order valence-electron chi connectivity index (χ3n) is 5.27. The number of H-pyrrole nitrogens is 1. The number of hydrogen-bond acceptors (Lipinski definition) is 2. The average Bonchev–Trinajstić information content (AvgIpc) is 2.96. The molecule has 0 saturated carbocycles. The van der Waals surface area contributed by atoms with Crippen LogP contribution in [0.1, 0.15) is 37.9 Å². The maximum absolute atomic E-state index is 12.2. The van der Waals surface area contributed by atoms with Crippen molar-refractivity contribution in [3.05, 3.63) is 35.5 Å². The number of amides is 2. The Bertz CT molecular complexity index is 757. The number of ether oxygens (including phenoxy) is 1. The van der Waals surface area contributed by atoms with Crippen LogP contribution in [0.5, 0.6) is 0 Å². The fraction of sp³-hybridized carbons (Fsp3) is 0.526. The highest BCUT2D eigenvalue weighted by Crippen LogP contribution is 2.43. The highest BCUT2D eigenvalue weighted by Gasteiger charge is 2.43. The van der Waals surface area contributed by atoms with E-state index in [9.17, 15) is 4.79 Å². The Kier molecular flexibility index (Phi) is 3.76. The molecule has 0 atom stereocenters. The second-order valence-corrected chi connectivity index (χ2v) is 7.21. The van der Waals surface area contributed by atoms with Crippen LogP contribution in [0.25, 0.3) is 10.9 Å². The van der Waals surface area contributed by atoms with Crippen molar-refractivity contribution >= 4 is 16.9 Å². The van der Waals surface area contributed by atoms with E-state index in [1.807, 2.05) is 18.7 Å². The summed E-state index contributed by atoms with van der Waals surface area (Å²) in [6.45, 7) is 6.20. The van der Waals surface area contributed by atoms with Crippen molar-refractivity contribution in [1.82, 2.24) is 15.2 Å². The standard InChI is InChI=1S/C19H25N3O2/c1-13(2)20-18(23)22-10-8-19(9-11-22)17-15(7-12-24-19)14-5-3-4-6-16(14)21-17/h3-6,13,21H,7-12H2,1-2H3,(H,20,23). The van der Waals surface area contributed by atoms with Crippen LogP contribution in [-0.2, 0) is 16.8 Å². The summed E-state index contributed by atoms with van der Waals surface area (Å²) in [4.78, 5) is 17.7. The predicted molar refractivity (Wildman–Crippen MR) is 94.1 cm³/mol. The van der Waals surface area contributed by atoms with Crippen molar-refractivity contribution in [2.75, 3.05) is 19.7 Å². The molecule has 2 N–H and O–H groups in total. The van der Waals surface area contributed by atoms with Crippen LogP contribution in [-0.4, -0.2) is 41.7 Å². The monoisotopic (exact) mass is 327 g/mol. The molecule has 128 valence electrons. The SMILES string of the molecule is CC(C)NC(=O)N1CCC2(CC1)OCCc1c2[nH]c2ccccc12. The van der Waals surface area contributed by atoms with Crippen molar-refractivity contribution in [3.8, 4) is 0 Å². The fourth-order valence-electron chi connectivity index (χ4n) is 4.07. The Hall–Kier alpha value is -2.01. The smallest absolute Gasteiger partial charge is 0.317 e. The van der Waals surface area contributed by atoms with Crippen LogP contribution < -0.4 is 5.32 Å². The van der Waals surface area contributed by atoms with E-state index in [0.717, 1.165) is 39.0 Å². The average molecular weight is 327 g/mol. The van der Waals surface area contributed by atoms with Crippen molar-refractivity contribution in [2.24, 2.45) is 0 Å².